The first kappa shape index (κ1) is 11.2. The van der Waals surface area contributed by atoms with Crippen LogP contribution in [0.25, 0.3) is 0 Å². The summed E-state index contributed by atoms with van der Waals surface area (Å²) in [4.78, 5) is 11.4. The van der Waals surface area contributed by atoms with Crippen molar-refractivity contribution in [2.24, 2.45) is 5.92 Å². The van der Waals surface area contributed by atoms with E-state index in [9.17, 15) is 4.79 Å². The van der Waals surface area contributed by atoms with Crippen LogP contribution in [0.2, 0.25) is 0 Å². The molecule has 0 aromatic carbocycles. The predicted molar refractivity (Wildman–Crippen MR) is 63.9 cm³/mol. The summed E-state index contributed by atoms with van der Waals surface area (Å²) in [7, 11) is 0. The summed E-state index contributed by atoms with van der Waals surface area (Å²) in [5, 5.41) is 0. The number of hydrogen-bond acceptors (Lipinski definition) is 2. The van der Waals surface area contributed by atoms with E-state index in [0.717, 1.165) is 25.7 Å². The molecule has 0 aromatic heterocycles. The summed E-state index contributed by atoms with van der Waals surface area (Å²) in [6, 6.07) is 0. The first-order chi connectivity index (χ1) is 7.68. The second-order valence-electron chi connectivity index (χ2n) is 4.60. The van der Waals surface area contributed by atoms with Crippen LogP contribution >= 0.6 is 0 Å². The average Bonchev–Trinajstić information content (AvgIpc) is 2.52. The van der Waals surface area contributed by atoms with Gasteiger partial charge < -0.3 is 4.74 Å². The summed E-state index contributed by atoms with van der Waals surface area (Å²) < 4.78 is 5.30. The molecule has 1 saturated heterocycles. The lowest BCUT2D eigenvalue weighted by Crippen LogP contribution is -2.14. The zero-order chi connectivity index (χ0) is 11.5. The van der Waals surface area contributed by atoms with Crippen LogP contribution in [0.3, 0.4) is 0 Å². The van der Waals surface area contributed by atoms with Crippen molar-refractivity contribution in [3.05, 3.63) is 36.0 Å². The second-order valence-corrected chi connectivity index (χ2v) is 4.60. The minimum atomic E-state index is -0.222. The quantitative estimate of drug-likeness (QED) is 0.354. The highest BCUT2D eigenvalue weighted by molar-refractivity contribution is 5.91. The van der Waals surface area contributed by atoms with Gasteiger partial charge in [-0.2, -0.15) is 0 Å². The number of rotatable bonds is 0. The van der Waals surface area contributed by atoms with Gasteiger partial charge in [0.1, 0.15) is 6.10 Å². The Morgan fingerprint density at radius 3 is 3.06 bits per heavy atom. The molecule has 0 bridgehead atoms. The number of hydrogen-bond donors (Lipinski definition) is 0. The van der Waals surface area contributed by atoms with Gasteiger partial charge in [-0.3, -0.25) is 0 Å². The number of ether oxygens (including phenoxy) is 1. The third kappa shape index (κ3) is 2.26. The van der Waals surface area contributed by atoms with E-state index in [1.54, 1.807) is 0 Å². The van der Waals surface area contributed by atoms with E-state index in [1.807, 2.05) is 6.08 Å². The highest BCUT2D eigenvalue weighted by Gasteiger charge is 2.36. The molecule has 2 rings (SSSR count). The molecule has 0 radical (unpaired) electrons. The van der Waals surface area contributed by atoms with E-state index in [0.29, 0.717) is 5.57 Å². The van der Waals surface area contributed by atoms with Gasteiger partial charge in [-0.05, 0) is 38.7 Å². The maximum absolute atomic E-state index is 11.4. The number of carbonyl (C=O) groups is 1. The van der Waals surface area contributed by atoms with E-state index in [4.69, 9.17) is 4.74 Å². The van der Waals surface area contributed by atoms with Gasteiger partial charge in [-0.15, -0.1) is 0 Å². The van der Waals surface area contributed by atoms with E-state index in [-0.39, 0.29) is 18.0 Å². The lowest BCUT2D eigenvalue weighted by Gasteiger charge is -2.15. The van der Waals surface area contributed by atoms with Crippen LogP contribution in [0, 0.1) is 5.92 Å². The Morgan fingerprint density at radius 1 is 1.44 bits per heavy atom. The molecule has 0 amide bonds. The fourth-order valence-electron chi connectivity index (χ4n) is 2.28. The average molecular weight is 218 g/mol. The van der Waals surface area contributed by atoms with Crippen LogP contribution in [-0.2, 0) is 9.53 Å². The maximum Gasteiger partial charge on any atom is 0.334 e. The van der Waals surface area contributed by atoms with Crippen molar-refractivity contribution in [1.29, 1.82) is 0 Å². The zero-order valence-electron chi connectivity index (χ0n) is 9.74. The van der Waals surface area contributed by atoms with E-state index in [2.05, 4.69) is 25.7 Å². The van der Waals surface area contributed by atoms with Gasteiger partial charge in [0, 0.05) is 11.5 Å². The molecular formula is C14H18O2. The molecule has 16 heavy (non-hydrogen) atoms. The standard InChI is InChI=1S/C14H18O2/c1-10-6-4-3-5-7-13-12(9-8-10)11(2)14(15)16-13/h5-7,12-13H,2-4,8-9H2,1H3/b7-5-,10-6+. The van der Waals surface area contributed by atoms with Gasteiger partial charge in [0.15, 0.2) is 0 Å². The summed E-state index contributed by atoms with van der Waals surface area (Å²) in [5.41, 5.74) is 2.05. The second kappa shape index (κ2) is 4.69. The molecule has 2 atom stereocenters. The molecule has 1 aliphatic carbocycles. The number of fused-ring (bicyclic) bond motifs is 1. The zero-order valence-corrected chi connectivity index (χ0v) is 9.74. The van der Waals surface area contributed by atoms with Gasteiger partial charge in [0.2, 0.25) is 0 Å². The molecule has 2 unspecified atom stereocenters. The molecule has 0 saturated carbocycles. The monoisotopic (exact) mass is 218 g/mol. The SMILES string of the molecule is C=C1C(=O)OC2/C=C\CC/C=C(\C)CCC12. The fraction of sp³-hybridized carbons (Fsp3) is 0.500. The highest BCUT2D eigenvalue weighted by Crippen LogP contribution is 2.32. The molecule has 1 aliphatic heterocycles. The minimum absolute atomic E-state index is 0.0779. The third-order valence-electron chi connectivity index (χ3n) is 3.35. The molecule has 0 aromatic rings. The van der Waals surface area contributed by atoms with Gasteiger partial charge in [-0.1, -0.05) is 24.3 Å². The van der Waals surface area contributed by atoms with Crippen LogP contribution in [-0.4, -0.2) is 12.1 Å². The van der Waals surface area contributed by atoms with Gasteiger partial charge in [-0.25, -0.2) is 4.79 Å². The van der Waals surface area contributed by atoms with Crippen molar-refractivity contribution in [1.82, 2.24) is 0 Å². The van der Waals surface area contributed by atoms with E-state index >= 15 is 0 Å². The maximum atomic E-state index is 11.4. The Kier molecular flexibility index (Phi) is 3.28. The smallest absolute Gasteiger partial charge is 0.334 e. The lowest BCUT2D eigenvalue weighted by atomic mass is 9.89. The largest absolute Gasteiger partial charge is 0.454 e. The molecule has 86 valence electrons. The van der Waals surface area contributed by atoms with Crippen molar-refractivity contribution in [2.75, 3.05) is 0 Å². The normalized spacial score (nSPS) is 35.9. The summed E-state index contributed by atoms with van der Waals surface area (Å²) >= 11 is 0. The Balaban J connectivity index is 2.16. The van der Waals surface area contributed by atoms with Crippen LogP contribution < -0.4 is 0 Å². The number of carbonyl (C=O) groups excluding carboxylic acids is 1. The van der Waals surface area contributed by atoms with Gasteiger partial charge in [0.25, 0.3) is 0 Å². The molecule has 2 aliphatic rings. The van der Waals surface area contributed by atoms with Crippen molar-refractivity contribution in [2.45, 2.75) is 38.7 Å². The summed E-state index contributed by atoms with van der Waals surface area (Å²) in [6.07, 6.45) is 10.4. The van der Waals surface area contributed by atoms with Crippen LogP contribution in [0.1, 0.15) is 32.6 Å². The lowest BCUT2D eigenvalue weighted by molar-refractivity contribution is -0.137. The Morgan fingerprint density at radius 2 is 2.25 bits per heavy atom. The van der Waals surface area contributed by atoms with Crippen molar-refractivity contribution in [3.8, 4) is 0 Å². The topological polar surface area (TPSA) is 26.3 Å². The van der Waals surface area contributed by atoms with Gasteiger partial charge in [0.05, 0.1) is 0 Å². The van der Waals surface area contributed by atoms with Crippen molar-refractivity contribution < 1.29 is 9.53 Å². The van der Waals surface area contributed by atoms with Gasteiger partial charge >= 0.3 is 5.97 Å². The Hall–Kier alpha value is -1.31. The molecule has 1 fully saturated rings. The molecule has 0 spiro atoms. The molecule has 2 heteroatoms. The molecular weight excluding hydrogens is 200 g/mol. The highest BCUT2D eigenvalue weighted by atomic mass is 16.5. The predicted octanol–water partition coefficient (Wildman–Crippen LogP) is 3.16. The van der Waals surface area contributed by atoms with Crippen LogP contribution in [0.15, 0.2) is 36.0 Å². The van der Waals surface area contributed by atoms with Crippen molar-refractivity contribution >= 4 is 5.97 Å². The summed E-state index contributed by atoms with van der Waals surface area (Å²) in [5.74, 6) is -0.0503. The molecule has 2 nitrogen and oxygen atoms in total. The first-order valence-corrected chi connectivity index (χ1v) is 5.90. The van der Waals surface area contributed by atoms with E-state index in [1.165, 1.54) is 5.57 Å². The first-order valence-electron chi connectivity index (χ1n) is 5.90. The fourth-order valence-corrected chi connectivity index (χ4v) is 2.28. The van der Waals surface area contributed by atoms with E-state index < -0.39 is 0 Å². The molecule has 1 heterocycles. The molecule has 0 N–H and O–H groups in total. The van der Waals surface area contributed by atoms with Crippen molar-refractivity contribution in [3.63, 3.8) is 0 Å². The Labute approximate surface area is 96.7 Å². The number of esters is 1. The minimum Gasteiger partial charge on any atom is -0.454 e. The van der Waals surface area contributed by atoms with Crippen LogP contribution in [0.5, 0.6) is 0 Å². The van der Waals surface area contributed by atoms with Crippen LogP contribution in [0.4, 0.5) is 0 Å². The Bertz CT molecular complexity index is 363. The summed E-state index contributed by atoms with van der Waals surface area (Å²) in [6.45, 7) is 6.00. The number of allylic oxidation sites excluding steroid dienone is 3. The third-order valence-corrected chi connectivity index (χ3v) is 3.35.